The van der Waals surface area contributed by atoms with Crippen LogP contribution in [0.3, 0.4) is 0 Å². The molecule has 0 saturated heterocycles. The number of benzene rings is 1. The first-order chi connectivity index (χ1) is 12.9. The second-order valence-electron chi connectivity index (χ2n) is 4.53. The predicted octanol–water partition coefficient (Wildman–Crippen LogP) is 4.01. The van der Waals surface area contributed by atoms with Gasteiger partial charge in [0.05, 0.1) is 11.2 Å². The van der Waals surface area contributed by atoms with Crippen LogP contribution in [0.15, 0.2) is 42.9 Å². The largest absolute Gasteiger partial charge is 0.451 e. The minimum absolute atomic E-state index is 0.226. The van der Waals surface area contributed by atoms with Gasteiger partial charge in [0.1, 0.15) is 6.33 Å². The van der Waals surface area contributed by atoms with Gasteiger partial charge in [0.2, 0.25) is 6.79 Å². The van der Waals surface area contributed by atoms with Crippen molar-refractivity contribution in [3.63, 3.8) is 0 Å². The van der Waals surface area contributed by atoms with E-state index in [4.69, 9.17) is 14.6 Å². The highest BCUT2D eigenvalue weighted by Gasteiger charge is 2.19. The summed E-state index contributed by atoms with van der Waals surface area (Å²) >= 11 is 0. The van der Waals surface area contributed by atoms with Crippen LogP contribution in [0.2, 0.25) is 0 Å². The van der Waals surface area contributed by atoms with E-state index < -0.39 is 0 Å². The van der Waals surface area contributed by atoms with Crippen LogP contribution in [0.4, 0.5) is 0 Å². The number of aromatic nitrogens is 3. The molecule has 0 radical (unpaired) electrons. The van der Waals surface area contributed by atoms with Gasteiger partial charge in [-0.05, 0) is 12.1 Å². The third-order valence-electron chi connectivity index (χ3n) is 3.34. The van der Waals surface area contributed by atoms with Crippen molar-refractivity contribution in [3.05, 3.63) is 54.1 Å². The molecule has 0 aliphatic carbocycles. The number of hydrogen-bond donors (Lipinski definition) is 1. The van der Waals surface area contributed by atoms with Crippen LogP contribution in [0.5, 0.6) is 11.6 Å². The minimum Gasteiger partial charge on any atom is -0.451 e. The zero-order chi connectivity index (χ0) is 19.4. The van der Waals surface area contributed by atoms with Crippen LogP contribution < -0.4 is 9.47 Å². The van der Waals surface area contributed by atoms with E-state index in [0.717, 1.165) is 35.0 Å². The molecule has 0 amide bonds. The van der Waals surface area contributed by atoms with E-state index in [1.165, 1.54) is 0 Å². The van der Waals surface area contributed by atoms with Gasteiger partial charge in [-0.3, -0.25) is 0 Å². The number of para-hydroxylation sites is 1. The van der Waals surface area contributed by atoms with Crippen LogP contribution in [-0.4, -0.2) is 34.0 Å². The summed E-state index contributed by atoms with van der Waals surface area (Å²) < 4.78 is 10.8. The summed E-state index contributed by atoms with van der Waals surface area (Å²) in [6.07, 6.45) is 3.99. The Labute approximate surface area is 154 Å². The maximum Gasteiger partial charge on any atom is 0.260 e. The lowest BCUT2D eigenvalue weighted by Gasteiger charge is -2.07. The summed E-state index contributed by atoms with van der Waals surface area (Å²) in [5, 5.41) is 8.06. The highest BCUT2D eigenvalue weighted by molar-refractivity contribution is 5.80. The number of hydrogen-bond acceptors (Lipinski definition) is 6. The maximum absolute atomic E-state index is 7.00. The molecule has 1 aliphatic heterocycles. The molecule has 26 heavy (non-hydrogen) atoms. The second kappa shape index (κ2) is 11.8. The SMILES string of the molecule is CC.CC.CO.c1ccc2c(Cc3ccnc4c3OCO4)ncnc2c1. The molecule has 2 aromatic heterocycles. The van der Waals surface area contributed by atoms with Crippen molar-refractivity contribution in [2.75, 3.05) is 13.9 Å². The lowest BCUT2D eigenvalue weighted by atomic mass is 10.1. The molecule has 0 spiro atoms. The number of rotatable bonds is 2. The highest BCUT2D eigenvalue weighted by Crippen LogP contribution is 2.34. The average Bonchev–Trinajstić information content (AvgIpc) is 3.23. The van der Waals surface area contributed by atoms with Crippen LogP contribution in [0, 0.1) is 0 Å². The molecule has 0 unspecified atom stereocenters. The van der Waals surface area contributed by atoms with Gasteiger partial charge in [-0.1, -0.05) is 45.9 Å². The third-order valence-corrected chi connectivity index (χ3v) is 3.34. The smallest absolute Gasteiger partial charge is 0.260 e. The van der Waals surface area contributed by atoms with E-state index in [9.17, 15) is 0 Å². The summed E-state index contributed by atoms with van der Waals surface area (Å²) in [6.45, 7) is 8.23. The van der Waals surface area contributed by atoms with E-state index in [1.54, 1.807) is 12.5 Å². The quantitative estimate of drug-likeness (QED) is 0.747. The number of pyridine rings is 1. The molecule has 4 rings (SSSR count). The van der Waals surface area contributed by atoms with Gasteiger partial charge in [-0.25, -0.2) is 15.0 Å². The Balaban J connectivity index is 0.000000515. The molecular weight excluding hydrogens is 330 g/mol. The lowest BCUT2D eigenvalue weighted by Crippen LogP contribution is -1.98. The van der Waals surface area contributed by atoms with Crippen LogP contribution >= 0.6 is 0 Å². The van der Waals surface area contributed by atoms with E-state index in [1.807, 2.05) is 58.0 Å². The summed E-state index contributed by atoms with van der Waals surface area (Å²) in [7, 11) is 1.00. The summed E-state index contributed by atoms with van der Waals surface area (Å²) in [6, 6.07) is 9.91. The van der Waals surface area contributed by atoms with E-state index in [-0.39, 0.29) is 6.79 Å². The Hall–Kier alpha value is -2.73. The number of aliphatic hydroxyl groups excluding tert-OH is 1. The van der Waals surface area contributed by atoms with Gasteiger partial charge in [-0.15, -0.1) is 0 Å². The number of aliphatic hydroxyl groups is 1. The van der Waals surface area contributed by atoms with Crippen molar-refractivity contribution in [1.82, 2.24) is 15.0 Å². The minimum atomic E-state index is 0.226. The first kappa shape index (κ1) is 21.3. The topological polar surface area (TPSA) is 77.4 Å². The number of nitrogens with zero attached hydrogens (tertiary/aromatic N) is 3. The Morgan fingerprint density at radius 1 is 0.923 bits per heavy atom. The molecule has 0 atom stereocenters. The molecule has 1 aliphatic rings. The Morgan fingerprint density at radius 2 is 1.65 bits per heavy atom. The fourth-order valence-electron chi connectivity index (χ4n) is 2.39. The van der Waals surface area contributed by atoms with Crippen LogP contribution in [-0.2, 0) is 6.42 Å². The molecular formula is C20H27N3O3. The zero-order valence-corrected chi connectivity index (χ0v) is 16.1. The maximum atomic E-state index is 7.00. The first-order valence-corrected chi connectivity index (χ1v) is 8.78. The van der Waals surface area contributed by atoms with Crippen molar-refractivity contribution >= 4 is 10.9 Å². The van der Waals surface area contributed by atoms with Gasteiger partial charge in [0, 0.05) is 30.7 Å². The summed E-state index contributed by atoms with van der Waals surface area (Å²) in [5.74, 6) is 1.27. The monoisotopic (exact) mass is 357 g/mol. The van der Waals surface area contributed by atoms with E-state index in [2.05, 4.69) is 15.0 Å². The standard InChI is InChI=1S/C15H11N3O2.2C2H6.CH4O/c1-2-4-12-11(3-1)13(18-8-17-12)7-10-5-6-16-15-14(10)19-9-20-15;3*1-2/h1-6,8H,7,9H2;2*1-2H3;2H,1H3. The van der Waals surface area contributed by atoms with Gasteiger partial charge in [0.25, 0.3) is 5.88 Å². The number of fused-ring (bicyclic) bond motifs is 2. The Bertz CT molecular complexity index is 789. The van der Waals surface area contributed by atoms with Gasteiger partial charge < -0.3 is 14.6 Å². The molecule has 0 saturated carbocycles. The zero-order valence-electron chi connectivity index (χ0n) is 16.1. The van der Waals surface area contributed by atoms with E-state index >= 15 is 0 Å². The fraction of sp³-hybridized carbons (Fsp3) is 0.350. The summed E-state index contributed by atoms with van der Waals surface area (Å²) in [5.41, 5.74) is 2.94. The molecule has 1 aromatic carbocycles. The van der Waals surface area contributed by atoms with Crippen molar-refractivity contribution < 1.29 is 14.6 Å². The van der Waals surface area contributed by atoms with Crippen molar-refractivity contribution in [1.29, 1.82) is 0 Å². The van der Waals surface area contributed by atoms with Gasteiger partial charge >= 0.3 is 0 Å². The molecule has 6 nitrogen and oxygen atoms in total. The third kappa shape index (κ3) is 4.89. The molecule has 0 fully saturated rings. The van der Waals surface area contributed by atoms with Gasteiger partial charge in [-0.2, -0.15) is 0 Å². The summed E-state index contributed by atoms with van der Waals surface area (Å²) in [4.78, 5) is 12.8. The Morgan fingerprint density at radius 3 is 2.42 bits per heavy atom. The molecule has 0 bridgehead atoms. The molecule has 1 N–H and O–H groups in total. The Kier molecular flexibility index (Phi) is 9.64. The van der Waals surface area contributed by atoms with Crippen molar-refractivity contribution in [3.8, 4) is 11.6 Å². The van der Waals surface area contributed by atoms with Crippen LogP contribution in [0.25, 0.3) is 10.9 Å². The lowest BCUT2D eigenvalue weighted by molar-refractivity contribution is 0.170. The first-order valence-electron chi connectivity index (χ1n) is 8.78. The second-order valence-corrected chi connectivity index (χ2v) is 4.53. The number of ether oxygens (including phenoxy) is 2. The highest BCUT2D eigenvalue weighted by atomic mass is 16.7. The fourth-order valence-corrected chi connectivity index (χ4v) is 2.39. The molecule has 6 heteroatoms. The molecule has 3 aromatic rings. The van der Waals surface area contributed by atoms with Gasteiger partial charge in [0.15, 0.2) is 5.75 Å². The van der Waals surface area contributed by atoms with Crippen LogP contribution in [0.1, 0.15) is 39.0 Å². The van der Waals surface area contributed by atoms with E-state index in [0.29, 0.717) is 12.3 Å². The van der Waals surface area contributed by atoms with Crippen molar-refractivity contribution in [2.24, 2.45) is 0 Å². The molecule has 140 valence electrons. The average molecular weight is 357 g/mol. The molecule has 3 heterocycles. The normalized spacial score (nSPS) is 10.5. The van der Waals surface area contributed by atoms with Crippen molar-refractivity contribution in [2.45, 2.75) is 34.1 Å². The predicted molar refractivity (Wildman–Crippen MR) is 104 cm³/mol.